The van der Waals surface area contributed by atoms with Crippen LogP contribution in [0.15, 0.2) is 48.7 Å². The molecule has 2 aromatic carbocycles. The van der Waals surface area contributed by atoms with E-state index in [9.17, 15) is 9.18 Å². The van der Waals surface area contributed by atoms with Crippen LogP contribution in [0, 0.1) is 5.82 Å². The predicted octanol–water partition coefficient (Wildman–Crippen LogP) is 4.14. The maximum absolute atomic E-state index is 13.1. The van der Waals surface area contributed by atoms with Gasteiger partial charge in [0.05, 0.1) is 11.4 Å². The lowest BCUT2D eigenvalue weighted by Gasteiger charge is -2.06. The molecule has 3 rings (SSSR count). The van der Waals surface area contributed by atoms with Gasteiger partial charge in [0.25, 0.3) is 0 Å². The van der Waals surface area contributed by atoms with Gasteiger partial charge in [-0.1, -0.05) is 17.7 Å². The zero-order valence-corrected chi connectivity index (χ0v) is 11.7. The molecule has 21 heavy (non-hydrogen) atoms. The van der Waals surface area contributed by atoms with Gasteiger partial charge in [-0.3, -0.25) is 4.79 Å². The number of H-pyrrole nitrogens is 1. The molecule has 0 aliphatic carbocycles. The Kier molecular flexibility index (Phi) is 3.62. The third-order valence-electron chi connectivity index (χ3n) is 3.19. The van der Waals surface area contributed by atoms with Crippen molar-refractivity contribution in [3.05, 3.63) is 65.1 Å². The first-order valence-electron chi connectivity index (χ1n) is 6.43. The zero-order valence-electron chi connectivity index (χ0n) is 11.0. The lowest BCUT2D eigenvalue weighted by atomic mass is 10.1. The first-order chi connectivity index (χ1) is 10.1. The number of anilines is 1. The monoisotopic (exact) mass is 302 g/mol. The molecule has 0 unspecified atom stereocenters. The van der Waals surface area contributed by atoms with E-state index in [1.165, 1.54) is 18.2 Å². The van der Waals surface area contributed by atoms with E-state index in [4.69, 9.17) is 11.6 Å². The third kappa shape index (κ3) is 3.06. The molecular formula is C16H12ClFN2O. The van der Waals surface area contributed by atoms with Crippen LogP contribution in [0.3, 0.4) is 0 Å². The molecule has 0 radical (unpaired) electrons. The van der Waals surface area contributed by atoms with Gasteiger partial charge in [-0.25, -0.2) is 4.39 Å². The first kappa shape index (κ1) is 13.6. The van der Waals surface area contributed by atoms with Crippen molar-refractivity contribution in [1.29, 1.82) is 0 Å². The topological polar surface area (TPSA) is 44.9 Å². The SMILES string of the molecule is O=C(Cc1ccc2[nH]ccc2c1)Nc1ccc(F)c(Cl)c1. The molecule has 1 amide bonds. The normalized spacial score (nSPS) is 10.8. The van der Waals surface area contributed by atoms with Crippen LogP contribution in [0.25, 0.3) is 10.9 Å². The van der Waals surface area contributed by atoms with Gasteiger partial charge in [-0.05, 0) is 47.3 Å². The fourth-order valence-electron chi connectivity index (χ4n) is 2.18. The summed E-state index contributed by atoms with van der Waals surface area (Å²) < 4.78 is 13.1. The molecule has 2 N–H and O–H groups in total. The quantitative estimate of drug-likeness (QED) is 0.750. The van der Waals surface area contributed by atoms with Crippen molar-refractivity contribution in [3.63, 3.8) is 0 Å². The second kappa shape index (κ2) is 5.58. The van der Waals surface area contributed by atoms with E-state index in [1.807, 2.05) is 30.5 Å². The van der Waals surface area contributed by atoms with Gasteiger partial charge < -0.3 is 10.3 Å². The van der Waals surface area contributed by atoms with Gasteiger partial charge in [0, 0.05) is 17.4 Å². The van der Waals surface area contributed by atoms with Crippen LogP contribution in [-0.4, -0.2) is 10.9 Å². The maximum atomic E-state index is 13.1. The fraction of sp³-hybridized carbons (Fsp3) is 0.0625. The number of hydrogen-bond acceptors (Lipinski definition) is 1. The van der Waals surface area contributed by atoms with E-state index in [1.54, 1.807) is 0 Å². The van der Waals surface area contributed by atoms with Crippen LogP contribution in [-0.2, 0) is 11.2 Å². The van der Waals surface area contributed by atoms with Gasteiger partial charge in [-0.2, -0.15) is 0 Å². The van der Waals surface area contributed by atoms with Crippen molar-refractivity contribution >= 4 is 34.1 Å². The van der Waals surface area contributed by atoms with Crippen LogP contribution in [0.2, 0.25) is 5.02 Å². The highest BCUT2D eigenvalue weighted by Gasteiger charge is 2.07. The summed E-state index contributed by atoms with van der Waals surface area (Å²) in [7, 11) is 0. The molecule has 0 fully saturated rings. The molecular weight excluding hydrogens is 291 g/mol. The number of rotatable bonds is 3. The predicted molar refractivity (Wildman–Crippen MR) is 82.0 cm³/mol. The summed E-state index contributed by atoms with van der Waals surface area (Å²) in [5.41, 5.74) is 2.42. The zero-order chi connectivity index (χ0) is 14.8. The molecule has 0 saturated carbocycles. The van der Waals surface area contributed by atoms with Crippen LogP contribution < -0.4 is 5.32 Å². The van der Waals surface area contributed by atoms with Crippen LogP contribution in [0.1, 0.15) is 5.56 Å². The fourth-order valence-corrected chi connectivity index (χ4v) is 2.36. The van der Waals surface area contributed by atoms with Gasteiger partial charge in [0.2, 0.25) is 5.91 Å². The maximum Gasteiger partial charge on any atom is 0.228 e. The van der Waals surface area contributed by atoms with Crippen molar-refractivity contribution in [2.45, 2.75) is 6.42 Å². The van der Waals surface area contributed by atoms with E-state index in [-0.39, 0.29) is 17.4 Å². The van der Waals surface area contributed by atoms with Crippen molar-refractivity contribution in [3.8, 4) is 0 Å². The molecule has 0 saturated heterocycles. The van der Waals surface area contributed by atoms with Crippen LogP contribution in [0.5, 0.6) is 0 Å². The molecule has 3 nitrogen and oxygen atoms in total. The molecule has 0 spiro atoms. The van der Waals surface area contributed by atoms with Crippen molar-refractivity contribution in [2.24, 2.45) is 0 Å². The number of carbonyl (C=O) groups is 1. The summed E-state index contributed by atoms with van der Waals surface area (Å²) >= 11 is 5.68. The lowest BCUT2D eigenvalue weighted by Crippen LogP contribution is -2.14. The number of carbonyl (C=O) groups excluding carboxylic acids is 1. The summed E-state index contributed by atoms with van der Waals surface area (Å²) in [6, 6.07) is 11.9. The van der Waals surface area contributed by atoms with Crippen molar-refractivity contribution < 1.29 is 9.18 Å². The summed E-state index contributed by atoms with van der Waals surface area (Å²) in [5, 5.41) is 3.75. The van der Waals surface area contributed by atoms with E-state index in [2.05, 4.69) is 10.3 Å². The standard InChI is InChI=1S/C16H12ClFN2O/c17-13-9-12(2-3-14(13)18)20-16(21)8-10-1-4-15-11(7-10)5-6-19-15/h1-7,9,19H,8H2,(H,20,21). The molecule has 0 aliphatic heterocycles. The highest BCUT2D eigenvalue weighted by Crippen LogP contribution is 2.20. The second-order valence-corrected chi connectivity index (χ2v) is 5.16. The molecule has 3 aromatic rings. The van der Waals surface area contributed by atoms with Crippen LogP contribution in [0.4, 0.5) is 10.1 Å². The third-order valence-corrected chi connectivity index (χ3v) is 3.48. The van der Waals surface area contributed by atoms with Gasteiger partial charge >= 0.3 is 0 Å². The summed E-state index contributed by atoms with van der Waals surface area (Å²) in [4.78, 5) is 15.1. The Hall–Kier alpha value is -2.33. The van der Waals surface area contributed by atoms with Crippen LogP contribution >= 0.6 is 11.6 Å². The molecule has 0 aliphatic rings. The molecule has 5 heteroatoms. The molecule has 106 valence electrons. The molecule has 1 heterocycles. The van der Waals surface area contributed by atoms with E-state index in [0.717, 1.165) is 16.5 Å². The Balaban J connectivity index is 1.71. The number of aromatic nitrogens is 1. The average Bonchev–Trinajstić information content (AvgIpc) is 2.90. The highest BCUT2D eigenvalue weighted by atomic mass is 35.5. The van der Waals surface area contributed by atoms with E-state index >= 15 is 0 Å². The van der Waals surface area contributed by atoms with Gasteiger partial charge in [-0.15, -0.1) is 0 Å². The Labute approximate surface area is 125 Å². The highest BCUT2D eigenvalue weighted by molar-refractivity contribution is 6.31. The van der Waals surface area contributed by atoms with Gasteiger partial charge in [0.1, 0.15) is 5.82 Å². The number of hydrogen-bond donors (Lipinski definition) is 2. The second-order valence-electron chi connectivity index (χ2n) is 4.75. The molecule has 0 bridgehead atoms. The Morgan fingerprint density at radius 3 is 2.86 bits per heavy atom. The minimum atomic E-state index is -0.507. The summed E-state index contributed by atoms with van der Waals surface area (Å²) in [5.74, 6) is -0.680. The Morgan fingerprint density at radius 2 is 2.05 bits per heavy atom. The average molecular weight is 303 g/mol. The van der Waals surface area contributed by atoms with E-state index < -0.39 is 5.82 Å². The largest absolute Gasteiger partial charge is 0.361 e. The number of amides is 1. The Bertz CT molecular complexity index is 813. The number of nitrogens with one attached hydrogen (secondary N) is 2. The number of fused-ring (bicyclic) bond motifs is 1. The number of halogens is 2. The molecule has 0 atom stereocenters. The van der Waals surface area contributed by atoms with Crippen molar-refractivity contribution in [1.82, 2.24) is 4.98 Å². The minimum absolute atomic E-state index is 0.0125. The van der Waals surface area contributed by atoms with Crippen molar-refractivity contribution in [2.75, 3.05) is 5.32 Å². The summed E-state index contributed by atoms with van der Waals surface area (Å²) in [6.07, 6.45) is 2.10. The Morgan fingerprint density at radius 1 is 1.19 bits per heavy atom. The van der Waals surface area contributed by atoms with Gasteiger partial charge in [0.15, 0.2) is 0 Å². The first-order valence-corrected chi connectivity index (χ1v) is 6.80. The smallest absolute Gasteiger partial charge is 0.228 e. The summed E-state index contributed by atoms with van der Waals surface area (Å²) in [6.45, 7) is 0. The molecule has 1 aromatic heterocycles. The minimum Gasteiger partial charge on any atom is -0.361 e. The lowest BCUT2D eigenvalue weighted by molar-refractivity contribution is -0.115. The number of aromatic amines is 1. The van der Waals surface area contributed by atoms with E-state index in [0.29, 0.717) is 5.69 Å². The number of benzene rings is 2.